The lowest BCUT2D eigenvalue weighted by molar-refractivity contribution is 0.0692. The molecule has 5 nitrogen and oxygen atoms in total. The van der Waals surface area contributed by atoms with Gasteiger partial charge in [0.1, 0.15) is 11.6 Å². The third-order valence-electron chi connectivity index (χ3n) is 2.79. The smallest absolute Gasteiger partial charge is 0.338 e. The fourth-order valence-corrected chi connectivity index (χ4v) is 1.73. The quantitative estimate of drug-likeness (QED) is 0.907. The predicted molar refractivity (Wildman–Crippen MR) is 74.3 cm³/mol. The third kappa shape index (κ3) is 3.36. The lowest BCUT2D eigenvalue weighted by atomic mass is 10.1. The van der Waals surface area contributed by atoms with Crippen molar-refractivity contribution in [2.24, 2.45) is 0 Å². The van der Waals surface area contributed by atoms with Gasteiger partial charge in [-0.15, -0.1) is 0 Å². The van der Waals surface area contributed by atoms with Crippen LogP contribution in [-0.4, -0.2) is 24.1 Å². The van der Waals surface area contributed by atoms with Crippen molar-refractivity contribution in [1.82, 2.24) is 0 Å². The number of ether oxygens (including phenoxy) is 1. The van der Waals surface area contributed by atoms with Gasteiger partial charge in [-0.05, 0) is 36.4 Å². The molecule has 2 aromatic rings. The second kappa shape index (κ2) is 6.04. The molecule has 0 heterocycles. The Kier molecular flexibility index (Phi) is 4.18. The van der Waals surface area contributed by atoms with Crippen LogP contribution in [0.5, 0.6) is 5.75 Å². The lowest BCUT2D eigenvalue weighted by Crippen LogP contribution is -2.12. The zero-order valence-electron chi connectivity index (χ0n) is 11.1. The van der Waals surface area contributed by atoms with Crippen molar-refractivity contribution in [3.8, 4) is 5.75 Å². The van der Waals surface area contributed by atoms with Gasteiger partial charge in [0.15, 0.2) is 0 Å². The molecule has 0 aromatic heterocycles. The Hall–Kier alpha value is -2.89. The van der Waals surface area contributed by atoms with Crippen LogP contribution in [0.4, 0.5) is 10.1 Å². The average Bonchev–Trinajstić information content (AvgIpc) is 2.47. The van der Waals surface area contributed by atoms with Gasteiger partial charge >= 0.3 is 5.97 Å². The van der Waals surface area contributed by atoms with Crippen molar-refractivity contribution in [2.45, 2.75) is 0 Å². The van der Waals surface area contributed by atoms with E-state index in [0.717, 1.165) is 12.1 Å². The molecule has 1 amide bonds. The second-order valence-corrected chi connectivity index (χ2v) is 4.19. The number of rotatable bonds is 4. The van der Waals surface area contributed by atoms with Crippen LogP contribution < -0.4 is 10.1 Å². The molecule has 2 N–H and O–H groups in total. The van der Waals surface area contributed by atoms with Crippen LogP contribution >= 0.6 is 0 Å². The first-order valence-corrected chi connectivity index (χ1v) is 5.99. The Morgan fingerprint density at radius 1 is 1.19 bits per heavy atom. The monoisotopic (exact) mass is 289 g/mol. The number of halogens is 1. The highest BCUT2D eigenvalue weighted by Crippen LogP contribution is 2.17. The summed E-state index contributed by atoms with van der Waals surface area (Å²) in [5.74, 6) is -2.20. The van der Waals surface area contributed by atoms with E-state index in [4.69, 9.17) is 9.84 Å². The number of amides is 1. The van der Waals surface area contributed by atoms with E-state index in [0.29, 0.717) is 11.3 Å². The number of aromatic carboxylic acids is 1. The molecule has 0 saturated carbocycles. The van der Waals surface area contributed by atoms with Gasteiger partial charge in [0, 0.05) is 11.3 Å². The highest BCUT2D eigenvalue weighted by atomic mass is 19.1. The van der Waals surface area contributed by atoms with Gasteiger partial charge in [-0.2, -0.15) is 0 Å². The van der Waals surface area contributed by atoms with Crippen LogP contribution in [0.15, 0.2) is 42.5 Å². The first-order valence-electron chi connectivity index (χ1n) is 5.99. The molecule has 6 heteroatoms. The minimum absolute atomic E-state index is 0.172. The van der Waals surface area contributed by atoms with Gasteiger partial charge in [-0.1, -0.05) is 6.07 Å². The van der Waals surface area contributed by atoms with E-state index in [1.165, 1.54) is 19.2 Å². The van der Waals surface area contributed by atoms with E-state index in [2.05, 4.69) is 5.32 Å². The maximum atomic E-state index is 13.5. The summed E-state index contributed by atoms with van der Waals surface area (Å²) in [6, 6.07) is 9.85. The van der Waals surface area contributed by atoms with E-state index in [-0.39, 0.29) is 5.69 Å². The fraction of sp³-hybridized carbons (Fsp3) is 0.0667. The minimum atomic E-state index is -1.36. The molecule has 0 radical (unpaired) electrons. The van der Waals surface area contributed by atoms with Crippen molar-refractivity contribution in [2.75, 3.05) is 12.4 Å². The first-order chi connectivity index (χ1) is 10.0. The molecule has 0 saturated heterocycles. The zero-order valence-corrected chi connectivity index (χ0v) is 11.1. The van der Waals surface area contributed by atoms with Crippen LogP contribution in [0.3, 0.4) is 0 Å². The van der Waals surface area contributed by atoms with Crippen molar-refractivity contribution in [1.29, 1.82) is 0 Å². The van der Waals surface area contributed by atoms with E-state index in [1.807, 2.05) is 0 Å². The summed E-state index contributed by atoms with van der Waals surface area (Å²) in [5, 5.41) is 11.2. The molecule has 0 atom stereocenters. The summed E-state index contributed by atoms with van der Waals surface area (Å²) in [4.78, 5) is 22.7. The van der Waals surface area contributed by atoms with Gasteiger partial charge in [-0.25, -0.2) is 9.18 Å². The topological polar surface area (TPSA) is 75.6 Å². The molecule has 2 aromatic carbocycles. The summed E-state index contributed by atoms with van der Waals surface area (Å²) < 4.78 is 18.5. The molecule has 0 aliphatic heterocycles. The first kappa shape index (κ1) is 14.5. The van der Waals surface area contributed by atoms with Crippen LogP contribution in [0.2, 0.25) is 0 Å². The zero-order chi connectivity index (χ0) is 15.4. The molecule has 21 heavy (non-hydrogen) atoms. The molecule has 0 aliphatic carbocycles. The normalized spacial score (nSPS) is 10.0. The highest BCUT2D eigenvalue weighted by Gasteiger charge is 2.12. The Morgan fingerprint density at radius 3 is 2.57 bits per heavy atom. The largest absolute Gasteiger partial charge is 0.497 e. The number of benzene rings is 2. The fourth-order valence-electron chi connectivity index (χ4n) is 1.73. The number of methoxy groups -OCH3 is 1. The van der Waals surface area contributed by atoms with Crippen LogP contribution in [0.1, 0.15) is 20.7 Å². The molecular weight excluding hydrogens is 277 g/mol. The van der Waals surface area contributed by atoms with E-state index >= 15 is 0 Å². The van der Waals surface area contributed by atoms with Crippen LogP contribution in [-0.2, 0) is 0 Å². The van der Waals surface area contributed by atoms with Crippen LogP contribution in [0.25, 0.3) is 0 Å². The van der Waals surface area contributed by atoms with E-state index in [9.17, 15) is 14.0 Å². The number of carboxylic acids is 1. The number of carbonyl (C=O) groups is 2. The molecule has 2 rings (SSSR count). The lowest BCUT2D eigenvalue weighted by Gasteiger charge is -2.07. The van der Waals surface area contributed by atoms with Crippen molar-refractivity contribution >= 4 is 17.6 Å². The Balaban J connectivity index is 2.19. The van der Waals surface area contributed by atoms with Gasteiger partial charge in [0.05, 0.1) is 12.7 Å². The van der Waals surface area contributed by atoms with Gasteiger partial charge in [0.25, 0.3) is 5.91 Å². The summed E-state index contributed by atoms with van der Waals surface area (Å²) in [7, 11) is 1.48. The maximum Gasteiger partial charge on any atom is 0.338 e. The van der Waals surface area contributed by atoms with Crippen LogP contribution in [0, 0.1) is 5.82 Å². The summed E-state index contributed by atoms with van der Waals surface area (Å²) in [5.41, 5.74) is 0.0665. The third-order valence-corrected chi connectivity index (χ3v) is 2.79. The Bertz CT molecular complexity index is 700. The highest BCUT2D eigenvalue weighted by molar-refractivity contribution is 6.04. The minimum Gasteiger partial charge on any atom is -0.497 e. The molecule has 0 fully saturated rings. The SMILES string of the molecule is COc1cccc(C(=O)Nc2ccc(C(=O)O)c(F)c2)c1. The Morgan fingerprint density at radius 2 is 1.95 bits per heavy atom. The number of hydrogen-bond acceptors (Lipinski definition) is 3. The van der Waals surface area contributed by atoms with Gasteiger partial charge in [-0.3, -0.25) is 4.79 Å². The summed E-state index contributed by atoms with van der Waals surface area (Å²) in [6.45, 7) is 0. The number of anilines is 1. The number of carboxylic acid groups (broad SMARTS) is 1. The number of hydrogen-bond donors (Lipinski definition) is 2. The van der Waals surface area contributed by atoms with Gasteiger partial charge in [0.2, 0.25) is 0 Å². The molecule has 0 aliphatic rings. The Labute approximate surface area is 120 Å². The van der Waals surface area contributed by atoms with E-state index in [1.54, 1.807) is 18.2 Å². The second-order valence-electron chi connectivity index (χ2n) is 4.19. The van der Waals surface area contributed by atoms with E-state index < -0.39 is 23.3 Å². The maximum absolute atomic E-state index is 13.5. The number of carbonyl (C=O) groups excluding carboxylic acids is 1. The number of nitrogens with one attached hydrogen (secondary N) is 1. The standard InChI is InChI=1S/C15H12FNO4/c1-21-11-4-2-3-9(7-11)14(18)17-10-5-6-12(15(19)20)13(16)8-10/h2-8H,1H3,(H,17,18)(H,19,20). The summed E-state index contributed by atoms with van der Waals surface area (Å²) in [6.07, 6.45) is 0. The molecule has 0 unspecified atom stereocenters. The van der Waals surface area contributed by atoms with Crippen molar-refractivity contribution < 1.29 is 23.8 Å². The molecule has 0 bridgehead atoms. The van der Waals surface area contributed by atoms with Gasteiger partial charge < -0.3 is 15.2 Å². The molecule has 0 spiro atoms. The van der Waals surface area contributed by atoms with Crippen molar-refractivity contribution in [3.05, 3.63) is 59.4 Å². The molecule has 108 valence electrons. The van der Waals surface area contributed by atoms with Crippen molar-refractivity contribution in [3.63, 3.8) is 0 Å². The molecular formula is C15H12FNO4. The average molecular weight is 289 g/mol. The predicted octanol–water partition coefficient (Wildman–Crippen LogP) is 2.78. The summed E-state index contributed by atoms with van der Waals surface area (Å²) >= 11 is 0.